The Labute approximate surface area is 150 Å². The molecule has 25 heavy (non-hydrogen) atoms. The number of rotatable bonds is 4. The number of aromatic nitrogens is 2. The van der Waals surface area contributed by atoms with Gasteiger partial charge in [0.2, 0.25) is 5.91 Å². The molecule has 0 bridgehead atoms. The Kier molecular flexibility index (Phi) is 4.86. The molecule has 1 aromatic heterocycles. The number of carbonyl (C=O) groups excluding carboxylic acids is 1. The summed E-state index contributed by atoms with van der Waals surface area (Å²) in [4.78, 5) is 29.0. The van der Waals surface area contributed by atoms with Crippen LogP contribution in [0.5, 0.6) is 0 Å². The highest BCUT2D eigenvalue weighted by atomic mass is 35.5. The van der Waals surface area contributed by atoms with Crippen LogP contribution in [-0.2, 0) is 11.3 Å². The Morgan fingerprint density at radius 1 is 1.24 bits per heavy atom. The van der Waals surface area contributed by atoms with Crippen molar-refractivity contribution in [2.24, 2.45) is 0 Å². The standard InChI is InChI=1S/C19H18ClN3O2/c1-12-3-8-16-17(9-12)21-11-23(19(16)25)10-18(24)22-13(2)14-4-6-15(20)7-5-14/h3-9,11,13H,10H2,1-2H3,(H,22,24)/t13-/m0/s1. The molecule has 0 aliphatic heterocycles. The molecule has 5 nitrogen and oxygen atoms in total. The van der Waals surface area contributed by atoms with Crippen LogP contribution in [0.25, 0.3) is 10.9 Å². The molecule has 128 valence electrons. The maximum atomic E-state index is 12.5. The van der Waals surface area contributed by atoms with Crippen molar-refractivity contribution in [3.05, 3.63) is 75.3 Å². The van der Waals surface area contributed by atoms with Crippen molar-refractivity contribution in [1.29, 1.82) is 0 Å². The first-order valence-electron chi connectivity index (χ1n) is 7.94. The van der Waals surface area contributed by atoms with Gasteiger partial charge in [0.15, 0.2) is 0 Å². The molecular weight excluding hydrogens is 338 g/mol. The second-order valence-corrected chi connectivity index (χ2v) is 6.48. The van der Waals surface area contributed by atoms with E-state index >= 15 is 0 Å². The van der Waals surface area contributed by atoms with E-state index in [0.717, 1.165) is 11.1 Å². The molecule has 1 N–H and O–H groups in total. The van der Waals surface area contributed by atoms with Crippen LogP contribution in [0.4, 0.5) is 0 Å². The monoisotopic (exact) mass is 355 g/mol. The number of fused-ring (bicyclic) bond motifs is 1. The van der Waals surface area contributed by atoms with Crippen molar-refractivity contribution in [2.75, 3.05) is 0 Å². The molecule has 0 aliphatic carbocycles. The summed E-state index contributed by atoms with van der Waals surface area (Å²) in [6.45, 7) is 3.75. The molecule has 0 radical (unpaired) electrons. The lowest BCUT2D eigenvalue weighted by Crippen LogP contribution is -2.34. The lowest BCUT2D eigenvalue weighted by atomic mass is 10.1. The van der Waals surface area contributed by atoms with E-state index in [0.29, 0.717) is 15.9 Å². The topological polar surface area (TPSA) is 64.0 Å². The molecule has 0 unspecified atom stereocenters. The predicted molar refractivity (Wildman–Crippen MR) is 98.7 cm³/mol. The lowest BCUT2D eigenvalue weighted by Gasteiger charge is -2.15. The van der Waals surface area contributed by atoms with Crippen LogP contribution in [-0.4, -0.2) is 15.5 Å². The molecule has 0 fully saturated rings. The molecule has 1 atom stereocenters. The molecule has 1 amide bonds. The van der Waals surface area contributed by atoms with Crippen molar-refractivity contribution >= 4 is 28.4 Å². The highest BCUT2D eigenvalue weighted by Gasteiger charge is 2.12. The van der Waals surface area contributed by atoms with Gasteiger partial charge in [0, 0.05) is 5.02 Å². The summed E-state index contributed by atoms with van der Waals surface area (Å²) in [5, 5.41) is 4.03. The van der Waals surface area contributed by atoms with Gasteiger partial charge in [-0.3, -0.25) is 14.2 Å². The van der Waals surface area contributed by atoms with Crippen LogP contribution in [0.2, 0.25) is 5.02 Å². The minimum absolute atomic E-state index is 0.0758. The number of amides is 1. The first-order chi connectivity index (χ1) is 11.9. The van der Waals surface area contributed by atoms with Crippen LogP contribution in [0, 0.1) is 6.92 Å². The molecule has 0 spiro atoms. The zero-order chi connectivity index (χ0) is 18.0. The highest BCUT2D eigenvalue weighted by Crippen LogP contribution is 2.16. The van der Waals surface area contributed by atoms with E-state index in [-0.39, 0.29) is 24.1 Å². The average Bonchev–Trinajstić information content (AvgIpc) is 2.58. The van der Waals surface area contributed by atoms with Crippen molar-refractivity contribution < 1.29 is 4.79 Å². The van der Waals surface area contributed by atoms with E-state index in [1.807, 2.05) is 38.1 Å². The Bertz CT molecular complexity index is 980. The van der Waals surface area contributed by atoms with E-state index < -0.39 is 0 Å². The van der Waals surface area contributed by atoms with E-state index in [1.54, 1.807) is 18.2 Å². The summed E-state index contributed by atoms with van der Waals surface area (Å²) in [5.41, 5.74) is 2.39. The van der Waals surface area contributed by atoms with Gasteiger partial charge in [0.25, 0.3) is 5.56 Å². The summed E-state index contributed by atoms with van der Waals surface area (Å²) < 4.78 is 1.32. The minimum Gasteiger partial charge on any atom is -0.348 e. The number of hydrogen-bond acceptors (Lipinski definition) is 3. The number of hydrogen-bond donors (Lipinski definition) is 1. The molecule has 0 saturated heterocycles. The summed E-state index contributed by atoms with van der Waals surface area (Å²) in [6.07, 6.45) is 1.41. The number of nitrogens with one attached hydrogen (secondary N) is 1. The zero-order valence-corrected chi connectivity index (χ0v) is 14.7. The van der Waals surface area contributed by atoms with E-state index in [1.165, 1.54) is 10.9 Å². The van der Waals surface area contributed by atoms with Crippen molar-refractivity contribution in [1.82, 2.24) is 14.9 Å². The molecule has 6 heteroatoms. The fraction of sp³-hybridized carbons (Fsp3) is 0.211. The molecular formula is C19H18ClN3O2. The van der Waals surface area contributed by atoms with Gasteiger partial charge in [0.1, 0.15) is 6.54 Å². The van der Waals surface area contributed by atoms with E-state index in [4.69, 9.17) is 11.6 Å². The number of nitrogens with zero attached hydrogens (tertiary/aromatic N) is 2. The maximum Gasteiger partial charge on any atom is 0.261 e. The van der Waals surface area contributed by atoms with Gasteiger partial charge in [-0.2, -0.15) is 0 Å². The van der Waals surface area contributed by atoms with Gasteiger partial charge in [-0.25, -0.2) is 4.98 Å². The van der Waals surface area contributed by atoms with Gasteiger partial charge in [-0.05, 0) is 49.2 Å². The predicted octanol–water partition coefficient (Wildman–Crippen LogP) is 3.24. The third kappa shape index (κ3) is 3.88. The Morgan fingerprint density at radius 2 is 1.96 bits per heavy atom. The normalized spacial score (nSPS) is 12.1. The van der Waals surface area contributed by atoms with Crippen molar-refractivity contribution in [3.8, 4) is 0 Å². The van der Waals surface area contributed by atoms with Crippen LogP contribution < -0.4 is 10.9 Å². The van der Waals surface area contributed by atoms with Crippen molar-refractivity contribution in [2.45, 2.75) is 26.4 Å². The summed E-state index contributed by atoms with van der Waals surface area (Å²) in [5.74, 6) is -0.252. The molecule has 3 aromatic rings. The third-order valence-corrected chi connectivity index (χ3v) is 4.29. The fourth-order valence-corrected chi connectivity index (χ4v) is 2.78. The van der Waals surface area contributed by atoms with Crippen molar-refractivity contribution in [3.63, 3.8) is 0 Å². The Hall–Kier alpha value is -2.66. The SMILES string of the molecule is Cc1ccc2c(=O)n(CC(=O)N[C@@H](C)c3ccc(Cl)cc3)cnc2c1. The first kappa shape index (κ1) is 17.2. The minimum atomic E-state index is -0.252. The molecule has 0 saturated carbocycles. The number of carbonyl (C=O) groups is 1. The van der Waals surface area contributed by atoms with Crippen LogP contribution >= 0.6 is 11.6 Å². The Balaban J connectivity index is 1.75. The summed E-state index contributed by atoms with van der Waals surface area (Å²) in [7, 11) is 0. The second-order valence-electron chi connectivity index (χ2n) is 6.04. The summed E-state index contributed by atoms with van der Waals surface area (Å²) >= 11 is 5.87. The first-order valence-corrected chi connectivity index (χ1v) is 8.32. The van der Waals surface area contributed by atoms with Crippen LogP contribution in [0.1, 0.15) is 24.1 Å². The molecule has 2 aromatic carbocycles. The van der Waals surface area contributed by atoms with E-state index in [2.05, 4.69) is 10.3 Å². The Morgan fingerprint density at radius 3 is 2.68 bits per heavy atom. The highest BCUT2D eigenvalue weighted by molar-refractivity contribution is 6.30. The quantitative estimate of drug-likeness (QED) is 0.781. The average molecular weight is 356 g/mol. The van der Waals surface area contributed by atoms with Gasteiger partial charge >= 0.3 is 0 Å². The molecule has 0 aliphatic rings. The molecule has 1 heterocycles. The number of benzene rings is 2. The van der Waals surface area contributed by atoms with Gasteiger partial charge in [0.05, 0.1) is 23.3 Å². The van der Waals surface area contributed by atoms with E-state index in [9.17, 15) is 9.59 Å². The maximum absolute atomic E-state index is 12.5. The third-order valence-electron chi connectivity index (χ3n) is 4.04. The number of aryl methyl sites for hydroxylation is 1. The second kappa shape index (κ2) is 7.07. The molecule has 3 rings (SSSR count). The zero-order valence-electron chi connectivity index (χ0n) is 14.0. The smallest absolute Gasteiger partial charge is 0.261 e. The van der Waals surface area contributed by atoms with Gasteiger partial charge in [-0.15, -0.1) is 0 Å². The van der Waals surface area contributed by atoms with Gasteiger partial charge in [-0.1, -0.05) is 29.8 Å². The largest absolute Gasteiger partial charge is 0.348 e. The number of halogens is 1. The fourth-order valence-electron chi connectivity index (χ4n) is 2.66. The van der Waals surface area contributed by atoms with Crippen LogP contribution in [0.15, 0.2) is 53.6 Å². The lowest BCUT2D eigenvalue weighted by molar-refractivity contribution is -0.122. The van der Waals surface area contributed by atoms with Crippen LogP contribution in [0.3, 0.4) is 0 Å². The summed E-state index contributed by atoms with van der Waals surface area (Å²) in [6, 6.07) is 12.5. The van der Waals surface area contributed by atoms with Gasteiger partial charge < -0.3 is 5.32 Å².